The quantitative estimate of drug-likeness (QED) is 0.426. The van der Waals surface area contributed by atoms with Gasteiger partial charge in [-0.1, -0.05) is 57.2 Å². The van der Waals surface area contributed by atoms with Crippen LogP contribution in [0.15, 0.2) is 48.6 Å². The second kappa shape index (κ2) is 11.5. The summed E-state index contributed by atoms with van der Waals surface area (Å²) >= 11 is 1.75. The number of anilines is 1. The van der Waals surface area contributed by atoms with E-state index in [0.717, 1.165) is 29.7 Å². The predicted molar refractivity (Wildman–Crippen MR) is 128 cm³/mol. The summed E-state index contributed by atoms with van der Waals surface area (Å²) in [5.74, 6) is 0. The van der Waals surface area contributed by atoms with E-state index in [0.29, 0.717) is 12.8 Å². The van der Waals surface area contributed by atoms with Crippen LogP contribution in [0.3, 0.4) is 0 Å². The number of aliphatic hydroxyl groups is 3. The summed E-state index contributed by atoms with van der Waals surface area (Å²) in [6.45, 7) is 6.74. The number of thiophene rings is 1. The molecular formula is C25H35NO3S. The number of hydrogen-bond donors (Lipinski definition) is 3. The third kappa shape index (κ3) is 6.29. The average Bonchev–Trinajstić information content (AvgIpc) is 3.26. The highest BCUT2D eigenvalue weighted by molar-refractivity contribution is 7.17. The van der Waals surface area contributed by atoms with Crippen molar-refractivity contribution in [1.29, 1.82) is 0 Å². The van der Waals surface area contributed by atoms with Crippen LogP contribution in [0.4, 0.5) is 5.00 Å². The van der Waals surface area contributed by atoms with E-state index in [9.17, 15) is 15.3 Å². The van der Waals surface area contributed by atoms with Gasteiger partial charge in [0.05, 0.1) is 23.8 Å². The lowest BCUT2D eigenvalue weighted by molar-refractivity contribution is 0.0828. The molecule has 0 bridgehead atoms. The van der Waals surface area contributed by atoms with Crippen LogP contribution < -0.4 is 4.90 Å². The number of rotatable bonds is 11. The largest absolute Gasteiger partial charge is 0.392 e. The fourth-order valence-electron chi connectivity index (χ4n) is 3.34. The molecule has 0 atom stereocenters. The van der Waals surface area contributed by atoms with E-state index < -0.39 is 5.60 Å². The van der Waals surface area contributed by atoms with Crippen LogP contribution in [0.25, 0.3) is 5.57 Å². The van der Waals surface area contributed by atoms with Gasteiger partial charge in [-0.05, 0) is 53.7 Å². The molecule has 2 aromatic rings. The molecule has 0 fully saturated rings. The van der Waals surface area contributed by atoms with Crippen LogP contribution in [0, 0.1) is 0 Å². The van der Waals surface area contributed by atoms with Crippen molar-refractivity contribution in [3.05, 3.63) is 70.1 Å². The maximum atomic E-state index is 10.4. The number of benzene rings is 1. The normalized spacial score (nSPS) is 12.7. The van der Waals surface area contributed by atoms with Crippen LogP contribution in [0.1, 0.15) is 61.6 Å². The Morgan fingerprint density at radius 3 is 2.33 bits per heavy atom. The lowest BCUT2D eigenvalue weighted by Gasteiger charge is -2.20. The molecule has 4 nitrogen and oxygen atoms in total. The molecule has 164 valence electrons. The molecule has 0 radical (unpaired) electrons. The second-order valence-corrected chi connectivity index (χ2v) is 8.69. The first-order valence-corrected chi connectivity index (χ1v) is 11.5. The van der Waals surface area contributed by atoms with Crippen molar-refractivity contribution in [3.63, 3.8) is 0 Å². The van der Waals surface area contributed by atoms with E-state index in [1.807, 2.05) is 44.2 Å². The number of nitrogens with zero attached hydrogens (tertiary/aromatic N) is 1. The van der Waals surface area contributed by atoms with E-state index in [4.69, 9.17) is 0 Å². The predicted octanol–water partition coefficient (Wildman–Crippen LogP) is 5.27. The minimum Gasteiger partial charge on any atom is -0.392 e. The molecule has 1 heterocycles. The van der Waals surface area contributed by atoms with Gasteiger partial charge in [0, 0.05) is 18.5 Å². The molecule has 0 saturated heterocycles. The van der Waals surface area contributed by atoms with Crippen molar-refractivity contribution >= 4 is 21.9 Å². The van der Waals surface area contributed by atoms with Crippen LogP contribution in [-0.4, -0.2) is 28.0 Å². The van der Waals surface area contributed by atoms with Crippen LogP contribution in [0.2, 0.25) is 0 Å². The highest BCUT2D eigenvalue weighted by Gasteiger charge is 2.17. The van der Waals surface area contributed by atoms with Gasteiger partial charge in [0.1, 0.15) is 0 Å². The molecule has 0 aliphatic rings. The Morgan fingerprint density at radius 1 is 1.03 bits per heavy atom. The van der Waals surface area contributed by atoms with Crippen molar-refractivity contribution in [3.8, 4) is 0 Å². The molecule has 1 aromatic heterocycles. The van der Waals surface area contributed by atoms with Gasteiger partial charge in [-0.2, -0.15) is 0 Å². The molecule has 1 aromatic carbocycles. The number of hydrogen-bond acceptors (Lipinski definition) is 5. The van der Waals surface area contributed by atoms with Crippen molar-refractivity contribution in [2.75, 3.05) is 11.9 Å². The lowest BCUT2D eigenvalue weighted by atomic mass is 9.97. The Balaban J connectivity index is 2.14. The zero-order valence-corrected chi connectivity index (χ0v) is 19.4. The Bertz CT molecular complexity index is 865. The number of aliphatic hydroxyl groups excluding tert-OH is 2. The summed E-state index contributed by atoms with van der Waals surface area (Å²) in [5, 5.41) is 30.5. The van der Waals surface area contributed by atoms with E-state index in [2.05, 4.69) is 37.1 Å². The third-order valence-corrected chi connectivity index (χ3v) is 6.90. The van der Waals surface area contributed by atoms with Crippen LogP contribution in [0.5, 0.6) is 0 Å². The van der Waals surface area contributed by atoms with Crippen molar-refractivity contribution in [2.45, 2.75) is 65.4 Å². The summed E-state index contributed by atoms with van der Waals surface area (Å²) in [7, 11) is 2.06. The van der Waals surface area contributed by atoms with E-state index in [1.54, 1.807) is 11.3 Å². The molecule has 0 spiro atoms. The van der Waals surface area contributed by atoms with Gasteiger partial charge in [-0.25, -0.2) is 0 Å². The Morgan fingerprint density at radius 2 is 1.73 bits per heavy atom. The molecule has 3 N–H and O–H groups in total. The first-order valence-electron chi connectivity index (χ1n) is 10.6. The molecule has 0 saturated carbocycles. The summed E-state index contributed by atoms with van der Waals surface area (Å²) < 4.78 is 0. The zero-order valence-electron chi connectivity index (χ0n) is 18.6. The molecule has 30 heavy (non-hydrogen) atoms. The molecule has 0 unspecified atom stereocenters. The topological polar surface area (TPSA) is 63.9 Å². The standard InChI is InChI=1S/C25H35NO3S/c1-5-20(9-8-14-25(29,6-2)7-3)23-12-13-24(30-23)26(4)16-19-10-11-21(17-27)22(15-19)18-28/h8-15,27-29H,5-7,16-18H2,1-4H3/b14-8+,20-9-. The minimum absolute atomic E-state index is 0.0607. The first kappa shape index (κ1) is 24.4. The Labute approximate surface area is 184 Å². The van der Waals surface area contributed by atoms with Crippen LogP contribution >= 0.6 is 11.3 Å². The molecule has 0 aliphatic heterocycles. The van der Waals surface area contributed by atoms with E-state index in [1.165, 1.54) is 15.5 Å². The van der Waals surface area contributed by atoms with Gasteiger partial charge in [-0.3, -0.25) is 0 Å². The summed E-state index contributed by atoms with van der Waals surface area (Å²) in [4.78, 5) is 3.42. The molecule has 2 rings (SSSR count). The monoisotopic (exact) mass is 429 g/mol. The van der Waals surface area contributed by atoms with Gasteiger partial charge in [0.25, 0.3) is 0 Å². The maximum absolute atomic E-state index is 10.4. The van der Waals surface area contributed by atoms with E-state index in [-0.39, 0.29) is 13.2 Å². The fourth-order valence-corrected chi connectivity index (χ4v) is 4.40. The average molecular weight is 430 g/mol. The van der Waals surface area contributed by atoms with Gasteiger partial charge < -0.3 is 20.2 Å². The summed E-state index contributed by atoms with van der Waals surface area (Å²) in [6, 6.07) is 10.1. The smallest absolute Gasteiger partial charge is 0.0915 e. The van der Waals surface area contributed by atoms with Crippen molar-refractivity contribution < 1.29 is 15.3 Å². The van der Waals surface area contributed by atoms with Crippen molar-refractivity contribution in [2.24, 2.45) is 0 Å². The minimum atomic E-state index is -0.727. The highest BCUT2D eigenvalue weighted by Crippen LogP contribution is 2.32. The summed E-state index contributed by atoms with van der Waals surface area (Å²) in [6.07, 6.45) is 8.33. The molecule has 0 aliphatic carbocycles. The van der Waals surface area contributed by atoms with Gasteiger partial charge in [0.2, 0.25) is 0 Å². The summed E-state index contributed by atoms with van der Waals surface area (Å²) in [5.41, 5.74) is 3.17. The van der Waals surface area contributed by atoms with E-state index >= 15 is 0 Å². The third-order valence-electron chi connectivity index (χ3n) is 5.62. The zero-order chi connectivity index (χ0) is 22.1. The van der Waals surface area contributed by atoms with Gasteiger partial charge >= 0.3 is 0 Å². The van der Waals surface area contributed by atoms with Crippen LogP contribution in [-0.2, 0) is 19.8 Å². The Hall–Kier alpha value is -1.92. The SMILES string of the molecule is CC/C(=C/C=C/C(O)(CC)CC)c1ccc(N(C)Cc2ccc(CO)c(CO)c2)s1. The van der Waals surface area contributed by atoms with Gasteiger partial charge in [0.15, 0.2) is 0 Å². The molecule has 5 heteroatoms. The second-order valence-electron chi connectivity index (χ2n) is 7.63. The number of allylic oxidation sites excluding steroid dienone is 3. The molecular weight excluding hydrogens is 394 g/mol. The maximum Gasteiger partial charge on any atom is 0.0915 e. The van der Waals surface area contributed by atoms with Gasteiger partial charge in [-0.15, -0.1) is 11.3 Å². The highest BCUT2D eigenvalue weighted by atomic mass is 32.1. The first-order chi connectivity index (χ1) is 14.4. The molecule has 0 amide bonds. The lowest BCUT2D eigenvalue weighted by Crippen LogP contribution is -2.22. The fraction of sp³-hybridized carbons (Fsp3) is 0.440. The van der Waals surface area contributed by atoms with Crippen molar-refractivity contribution in [1.82, 2.24) is 0 Å². The Kier molecular flexibility index (Phi) is 9.31.